The molecular weight excluding hydrogens is 323 g/mol. The highest BCUT2D eigenvalue weighted by Gasteiger charge is 2.13. The summed E-state index contributed by atoms with van der Waals surface area (Å²) in [6.45, 7) is 2.77. The molecule has 0 aliphatic rings. The van der Waals surface area contributed by atoms with Crippen molar-refractivity contribution < 1.29 is 9.18 Å². The Morgan fingerprint density at radius 3 is 2.75 bits per heavy atom. The number of hydrogen-bond donors (Lipinski definition) is 2. The van der Waals surface area contributed by atoms with Crippen LogP contribution in [0.15, 0.2) is 22.7 Å². The summed E-state index contributed by atoms with van der Waals surface area (Å²) < 4.78 is 14.1. The Morgan fingerprint density at radius 2 is 2.15 bits per heavy atom. The van der Waals surface area contributed by atoms with Gasteiger partial charge in [-0.2, -0.15) is 0 Å². The first-order chi connectivity index (χ1) is 9.58. The smallest absolute Gasteiger partial charge is 0.224 e. The van der Waals surface area contributed by atoms with E-state index in [9.17, 15) is 9.18 Å². The minimum absolute atomic E-state index is 0.158. The zero-order valence-corrected chi connectivity index (χ0v) is 13.4. The molecule has 112 valence electrons. The van der Waals surface area contributed by atoms with Gasteiger partial charge in [0.05, 0.1) is 5.69 Å². The molecule has 0 aliphatic heterocycles. The first-order valence-electron chi connectivity index (χ1n) is 7.02. The van der Waals surface area contributed by atoms with Crippen molar-refractivity contribution in [2.75, 3.05) is 11.9 Å². The van der Waals surface area contributed by atoms with Crippen molar-refractivity contribution in [3.8, 4) is 0 Å². The second-order valence-electron chi connectivity index (χ2n) is 4.92. The van der Waals surface area contributed by atoms with Gasteiger partial charge in [0.1, 0.15) is 5.82 Å². The van der Waals surface area contributed by atoms with Crippen molar-refractivity contribution in [2.24, 2.45) is 11.7 Å². The fraction of sp³-hybridized carbons (Fsp3) is 0.533. The van der Waals surface area contributed by atoms with Gasteiger partial charge in [-0.1, -0.05) is 25.8 Å². The van der Waals surface area contributed by atoms with Crippen LogP contribution in [0.1, 0.15) is 39.0 Å². The van der Waals surface area contributed by atoms with Gasteiger partial charge >= 0.3 is 0 Å². The van der Waals surface area contributed by atoms with Gasteiger partial charge in [-0.15, -0.1) is 0 Å². The van der Waals surface area contributed by atoms with E-state index >= 15 is 0 Å². The maximum Gasteiger partial charge on any atom is 0.224 e. The molecule has 0 saturated heterocycles. The molecule has 0 aliphatic carbocycles. The van der Waals surface area contributed by atoms with Gasteiger partial charge in [0.2, 0.25) is 5.91 Å². The van der Waals surface area contributed by atoms with Crippen LogP contribution in [0.2, 0.25) is 0 Å². The van der Waals surface area contributed by atoms with Crippen molar-refractivity contribution in [1.29, 1.82) is 0 Å². The first-order valence-corrected chi connectivity index (χ1v) is 7.81. The Labute approximate surface area is 128 Å². The number of amides is 1. The average molecular weight is 345 g/mol. The van der Waals surface area contributed by atoms with Crippen LogP contribution >= 0.6 is 15.9 Å². The number of rotatable bonds is 8. The molecule has 0 heterocycles. The van der Waals surface area contributed by atoms with Gasteiger partial charge < -0.3 is 11.1 Å². The summed E-state index contributed by atoms with van der Waals surface area (Å²) in [6.07, 6.45) is 4.29. The number of halogens is 2. The van der Waals surface area contributed by atoms with E-state index in [1.807, 2.05) is 0 Å². The molecule has 20 heavy (non-hydrogen) atoms. The maximum atomic E-state index is 13.6. The van der Waals surface area contributed by atoms with E-state index in [2.05, 4.69) is 28.2 Å². The number of anilines is 1. The minimum atomic E-state index is -0.431. The van der Waals surface area contributed by atoms with Gasteiger partial charge in [0.15, 0.2) is 0 Å². The number of para-hydroxylation sites is 1. The summed E-state index contributed by atoms with van der Waals surface area (Å²) in [4.78, 5) is 11.9. The Bertz CT molecular complexity index is 414. The van der Waals surface area contributed by atoms with Crippen LogP contribution in [0.25, 0.3) is 0 Å². The lowest BCUT2D eigenvalue weighted by Crippen LogP contribution is -2.16. The lowest BCUT2D eigenvalue weighted by Gasteiger charge is -2.15. The molecule has 5 heteroatoms. The molecule has 1 amide bonds. The normalized spacial score (nSPS) is 12.2. The van der Waals surface area contributed by atoms with Crippen LogP contribution in [0.3, 0.4) is 0 Å². The van der Waals surface area contributed by atoms with E-state index in [0.717, 1.165) is 25.7 Å². The Balaban J connectivity index is 2.51. The lowest BCUT2D eigenvalue weighted by atomic mass is 9.94. The minimum Gasteiger partial charge on any atom is -0.330 e. The predicted octanol–water partition coefficient (Wildman–Crippen LogP) is 4.07. The van der Waals surface area contributed by atoms with Crippen LogP contribution in [0, 0.1) is 11.7 Å². The van der Waals surface area contributed by atoms with E-state index in [1.165, 1.54) is 6.07 Å². The van der Waals surface area contributed by atoms with Crippen molar-refractivity contribution in [3.63, 3.8) is 0 Å². The molecule has 0 spiro atoms. The standard InChI is InChI=1S/C15H22BrFN2O/c1-2-4-11(9-10-18)7-8-14(20)19-15-12(16)5-3-6-13(15)17/h3,5-6,11H,2,4,7-10,18H2,1H3,(H,19,20). The molecule has 3 N–H and O–H groups in total. The molecule has 0 fully saturated rings. The lowest BCUT2D eigenvalue weighted by molar-refractivity contribution is -0.116. The molecular formula is C15H22BrFN2O. The third kappa shape index (κ3) is 5.59. The third-order valence-corrected chi connectivity index (χ3v) is 3.94. The monoisotopic (exact) mass is 344 g/mol. The fourth-order valence-electron chi connectivity index (χ4n) is 2.23. The molecule has 1 atom stereocenters. The van der Waals surface area contributed by atoms with Crippen molar-refractivity contribution in [2.45, 2.75) is 39.0 Å². The molecule has 1 rings (SSSR count). The second-order valence-corrected chi connectivity index (χ2v) is 5.77. The van der Waals surface area contributed by atoms with Gasteiger partial charge in [-0.05, 0) is 53.4 Å². The molecule has 0 aromatic heterocycles. The van der Waals surface area contributed by atoms with Crippen LogP contribution in [-0.2, 0) is 4.79 Å². The van der Waals surface area contributed by atoms with E-state index < -0.39 is 5.82 Å². The Kier molecular flexibility index (Phi) is 7.77. The van der Waals surface area contributed by atoms with Crippen LogP contribution < -0.4 is 11.1 Å². The van der Waals surface area contributed by atoms with Crippen molar-refractivity contribution in [1.82, 2.24) is 0 Å². The zero-order chi connectivity index (χ0) is 15.0. The molecule has 1 aromatic rings. The summed E-state index contributed by atoms with van der Waals surface area (Å²) in [6, 6.07) is 4.62. The number of benzene rings is 1. The highest BCUT2D eigenvalue weighted by atomic mass is 79.9. The molecule has 1 aromatic carbocycles. The van der Waals surface area contributed by atoms with Crippen LogP contribution in [0.4, 0.5) is 10.1 Å². The van der Waals surface area contributed by atoms with E-state index in [1.54, 1.807) is 12.1 Å². The largest absolute Gasteiger partial charge is 0.330 e. The molecule has 0 saturated carbocycles. The Morgan fingerprint density at radius 1 is 1.40 bits per heavy atom. The average Bonchev–Trinajstić information content (AvgIpc) is 2.41. The quantitative estimate of drug-likeness (QED) is 0.746. The first kappa shape index (κ1) is 17.1. The van der Waals surface area contributed by atoms with Crippen LogP contribution in [-0.4, -0.2) is 12.5 Å². The molecule has 0 radical (unpaired) electrons. The highest BCUT2D eigenvalue weighted by molar-refractivity contribution is 9.10. The van der Waals surface area contributed by atoms with E-state index in [0.29, 0.717) is 23.4 Å². The third-order valence-electron chi connectivity index (χ3n) is 3.28. The number of carbonyl (C=O) groups is 1. The number of hydrogen-bond acceptors (Lipinski definition) is 2. The van der Waals surface area contributed by atoms with Gasteiger partial charge in [-0.3, -0.25) is 4.79 Å². The van der Waals surface area contributed by atoms with E-state index in [4.69, 9.17) is 5.73 Å². The van der Waals surface area contributed by atoms with E-state index in [-0.39, 0.29) is 11.6 Å². The van der Waals surface area contributed by atoms with Gasteiger partial charge in [0, 0.05) is 10.9 Å². The molecule has 3 nitrogen and oxygen atoms in total. The summed E-state index contributed by atoms with van der Waals surface area (Å²) in [5, 5.41) is 2.63. The van der Waals surface area contributed by atoms with Crippen molar-refractivity contribution >= 4 is 27.5 Å². The predicted molar refractivity (Wildman–Crippen MR) is 84.0 cm³/mol. The fourth-order valence-corrected chi connectivity index (χ4v) is 2.67. The van der Waals surface area contributed by atoms with Gasteiger partial charge in [0.25, 0.3) is 0 Å². The summed E-state index contributed by atoms with van der Waals surface area (Å²) in [5.74, 6) is -0.117. The highest BCUT2D eigenvalue weighted by Crippen LogP contribution is 2.25. The van der Waals surface area contributed by atoms with Crippen molar-refractivity contribution in [3.05, 3.63) is 28.5 Å². The summed E-state index contributed by atoms with van der Waals surface area (Å²) >= 11 is 3.23. The summed E-state index contributed by atoms with van der Waals surface area (Å²) in [7, 11) is 0. The maximum absolute atomic E-state index is 13.6. The summed E-state index contributed by atoms with van der Waals surface area (Å²) in [5.41, 5.74) is 5.78. The number of nitrogens with one attached hydrogen (secondary N) is 1. The van der Waals surface area contributed by atoms with Crippen LogP contribution in [0.5, 0.6) is 0 Å². The SMILES string of the molecule is CCCC(CCN)CCC(=O)Nc1c(F)cccc1Br. The number of carbonyl (C=O) groups excluding carboxylic acids is 1. The Hall–Kier alpha value is -0.940. The number of nitrogens with two attached hydrogens (primary N) is 1. The zero-order valence-electron chi connectivity index (χ0n) is 11.8. The second kappa shape index (κ2) is 9.08. The topological polar surface area (TPSA) is 55.1 Å². The van der Waals surface area contributed by atoms with Gasteiger partial charge in [-0.25, -0.2) is 4.39 Å². The molecule has 1 unspecified atom stereocenters. The molecule has 0 bridgehead atoms.